The standard InChI is InChI=1S/C10H10O3/c11-9-7-5-1-2-6(4-3-5)8(7)10(12)13-9/h1-2,5-8H,3-4H2/t5-,6-,7-,8-/m1/s1. The van der Waals surface area contributed by atoms with Gasteiger partial charge in [0.25, 0.3) is 0 Å². The van der Waals surface area contributed by atoms with Crippen molar-refractivity contribution in [1.82, 2.24) is 0 Å². The van der Waals surface area contributed by atoms with E-state index in [2.05, 4.69) is 16.9 Å². The van der Waals surface area contributed by atoms with Crippen molar-refractivity contribution in [2.75, 3.05) is 0 Å². The summed E-state index contributed by atoms with van der Waals surface area (Å²) in [5, 5.41) is 0. The van der Waals surface area contributed by atoms with Crippen LogP contribution in [0.1, 0.15) is 12.8 Å². The summed E-state index contributed by atoms with van der Waals surface area (Å²) < 4.78 is 4.67. The molecule has 1 saturated carbocycles. The minimum absolute atomic E-state index is 0.156. The highest BCUT2D eigenvalue weighted by Gasteiger charge is 2.54. The fraction of sp³-hybridized carbons (Fsp3) is 0.600. The normalized spacial score (nSPS) is 46.5. The molecule has 3 nitrogen and oxygen atoms in total. The van der Waals surface area contributed by atoms with Gasteiger partial charge in [-0.15, -0.1) is 0 Å². The van der Waals surface area contributed by atoms with Crippen LogP contribution in [0, 0.1) is 23.7 Å². The van der Waals surface area contributed by atoms with Gasteiger partial charge in [-0.3, -0.25) is 9.59 Å². The number of cyclic esters (lactones) is 2. The van der Waals surface area contributed by atoms with Gasteiger partial charge in [-0.1, -0.05) is 12.2 Å². The van der Waals surface area contributed by atoms with Gasteiger partial charge >= 0.3 is 11.9 Å². The summed E-state index contributed by atoms with van der Waals surface area (Å²) in [6.45, 7) is 0. The van der Waals surface area contributed by atoms with Crippen LogP contribution in [-0.4, -0.2) is 11.9 Å². The Balaban J connectivity index is 2.07. The van der Waals surface area contributed by atoms with Crippen molar-refractivity contribution in [2.45, 2.75) is 12.8 Å². The molecule has 2 fully saturated rings. The number of hydrogen-bond donors (Lipinski definition) is 0. The molecule has 0 aromatic rings. The van der Waals surface area contributed by atoms with E-state index >= 15 is 0 Å². The third kappa shape index (κ3) is 0.794. The second-order valence-corrected chi connectivity index (χ2v) is 4.08. The van der Waals surface area contributed by atoms with Gasteiger partial charge in [0.2, 0.25) is 0 Å². The van der Waals surface area contributed by atoms with E-state index in [4.69, 9.17) is 0 Å². The summed E-state index contributed by atoms with van der Waals surface area (Å²) in [4.78, 5) is 22.7. The molecule has 4 aliphatic rings. The van der Waals surface area contributed by atoms with E-state index < -0.39 is 0 Å². The van der Waals surface area contributed by atoms with E-state index in [-0.39, 0.29) is 35.6 Å². The molecule has 68 valence electrons. The van der Waals surface area contributed by atoms with Crippen molar-refractivity contribution in [3.8, 4) is 0 Å². The lowest BCUT2D eigenvalue weighted by molar-refractivity contribution is -0.154. The molecule has 0 unspecified atom stereocenters. The van der Waals surface area contributed by atoms with Crippen LogP contribution in [0.25, 0.3) is 0 Å². The van der Waals surface area contributed by atoms with Crippen LogP contribution >= 0.6 is 0 Å². The number of allylic oxidation sites excluding steroid dienone is 2. The Morgan fingerprint density at radius 3 is 1.85 bits per heavy atom. The number of carbonyl (C=O) groups excluding carboxylic acids is 2. The van der Waals surface area contributed by atoms with Gasteiger partial charge < -0.3 is 4.74 Å². The molecule has 13 heavy (non-hydrogen) atoms. The number of rotatable bonds is 0. The monoisotopic (exact) mass is 178 g/mol. The SMILES string of the molecule is O=C1OC(=O)[C@H]2[C@H]1[C@@H]1C=C[C@@H]2CC1. The van der Waals surface area contributed by atoms with E-state index in [0.717, 1.165) is 12.8 Å². The van der Waals surface area contributed by atoms with Crippen LogP contribution in [0.5, 0.6) is 0 Å². The van der Waals surface area contributed by atoms with Crippen LogP contribution < -0.4 is 0 Å². The number of ether oxygens (including phenoxy) is 1. The Hall–Kier alpha value is -1.12. The van der Waals surface area contributed by atoms with Crippen molar-refractivity contribution in [1.29, 1.82) is 0 Å². The Kier molecular flexibility index (Phi) is 1.25. The minimum Gasteiger partial charge on any atom is -0.393 e. The smallest absolute Gasteiger partial charge is 0.318 e. The first-order chi connectivity index (χ1) is 6.27. The molecule has 1 saturated heterocycles. The second-order valence-electron chi connectivity index (χ2n) is 4.08. The largest absolute Gasteiger partial charge is 0.393 e. The molecule has 0 aromatic heterocycles. The first-order valence-electron chi connectivity index (χ1n) is 4.71. The molecule has 0 amide bonds. The Morgan fingerprint density at radius 2 is 1.46 bits per heavy atom. The molecule has 1 heterocycles. The quantitative estimate of drug-likeness (QED) is 0.314. The van der Waals surface area contributed by atoms with E-state index in [1.54, 1.807) is 0 Å². The van der Waals surface area contributed by atoms with Crippen LogP contribution in [0.4, 0.5) is 0 Å². The zero-order valence-corrected chi connectivity index (χ0v) is 7.10. The summed E-state index contributed by atoms with van der Waals surface area (Å²) in [6, 6.07) is 0. The molecule has 0 aromatic carbocycles. The third-order valence-corrected chi connectivity index (χ3v) is 3.49. The molecule has 1 aliphatic heterocycles. The highest BCUT2D eigenvalue weighted by Crippen LogP contribution is 2.48. The Bertz CT molecular complexity index is 288. The molecular weight excluding hydrogens is 168 g/mol. The zero-order valence-electron chi connectivity index (χ0n) is 7.10. The summed E-state index contributed by atoms with van der Waals surface area (Å²) in [7, 11) is 0. The van der Waals surface area contributed by atoms with Crippen LogP contribution in [-0.2, 0) is 14.3 Å². The van der Waals surface area contributed by atoms with Crippen molar-refractivity contribution >= 4 is 11.9 Å². The highest BCUT2D eigenvalue weighted by atomic mass is 16.6. The van der Waals surface area contributed by atoms with Crippen molar-refractivity contribution in [3.05, 3.63) is 12.2 Å². The average Bonchev–Trinajstić information content (AvgIpc) is 2.47. The van der Waals surface area contributed by atoms with Gasteiger partial charge in [0.1, 0.15) is 0 Å². The van der Waals surface area contributed by atoms with Gasteiger partial charge in [-0.05, 0) is 24.7 Å². The Labute approximate surface area is 75.8 Å². The summed E-state index contributed by atoms with van der Waals surface area (Å²) >= 11 is 0. The number of hydrogen-bond acceptors (Lipinski definition) is 3. The minimum atomic E-state index is -0.297. The first-order valence-corrected chi connectivity index (χ1v) is 4.71. The lowest BCUT2D eigenvalue weighted by Gasteiger charge is -2.37. The average molecular weight is 178 g/mol. The summed E-state index contributed by atoms with van der Waals surface area (Å²) in [5.74, 6) is -0.390. The highest BCUT2D eigenvalue weighted by molar-refractivity contribution is 5.97. The van der Waals surface area contributed by atoms with Crippen LogP contribution in [0.15, 0.2) is 12.2 Å². The number of carbonyl (C=O) groups is 2. The van der Waals surface area contributed by atoms with Crippen molar-refractivity contribution in [2.24, 2.45) is 23.7 Å². The van der Waals surface area contributed by atoms with Gasteiger partial charge in [0.05, 0.1) is 11.8 Å². The molecule has 4 atom stereocenters. The van der Waals surface area contributed by atoms with Crippen molar-refractivity contribution < 1.29 is 14.3 Å². The van der Waals surface area contributed by atoms with Crippen molar-refractivity contribution in [3.63, 3.8) is 0 Å². The van der Waals surface area contributed by atoms with Crippen LogP contribution in [0.3, 0.4) is 0 Å². The fourth-order valence-electron chi connectivity index (χ4n) is 2.87. The fourth-order valence-corrected chi connectivity index (χ4v) is 2.87. The molecule has 3 heteroatoms. The maximum Gasteiger partial charge on any atom is 0.318 e. The van der Waals surface area contributed by atoms with Crippen LogP contribution in [0.2, 0.25) is 0 Å². The lowest BCUT2D eigenvalue weighted by Crippen LogP contribution is -2.38. The lowest BCUT2D eigenvalue weighted by atomic mass is 9.63. The van der Waals surface area contributed by atoms with E-state index in [0.29, 0.717) is 0 Å². The van der Waals surface area contributed by atoms with Gasteiger partial charge in [0.15, 0.2) is 0 Å². The van der Waals surface area contributed by atoms with E-state index in [1.807, 2.05) is 0 Å². The maximum absolute atomic E-state index is 11.3. The molecule has 0 spiro atoms. The van der Waals surface area contributed by atoms with Gasteiger partial charge in [-0.25, -0.2) is 0 Å². The second kappa shape index (κ2) is 2.22. The predicted octanol–water partition coefficient (Wildman–Crippen LogP) is 0.898. The molecule has 0 N–H and O–H groups in total. The zero-order chi connectivity index (χ0) is 9.00. The van der Waals surface area contributed by atoms with Gasteiger partial charge in [0, 0.05) is 0 Å². The summed E-state index contributed by atoms with van der Waals surface area (Å²) in [6.07, 6.45) is 6.22. The molecule has 2 bridgehead atoms. The van der Waals surface area contributed by atoms with E-state index in [9.17, 15) is 9.59 Å². The first kappa shape index (κ1) is 7.30. The number of esters is 2. The third-order valence-electron chi connectivity index (χ3n) is 3.49. The molecule has 4 rings (SSSR count). The molecule has 3 aliphatic carbocycles. The summed E-state index contributed by atoms with van der Waals surface area (Å²) in [5.41, 5.74) is 0. The molecular formula is C10H10O3. The van der Waals surface area contributed by atoms with Gasteiger partial charge in [-0.2, -0.15) is 0 Å². The number of fused-ring (bicyclic) bond motifs is 1. The maximum atomic E-state index is 11.3. The molecule has 0 radical (unpaired) electrons. The predicted molar refractivity (Wildman–Crippen MR) is 43.4 cm³/mol. The Morgan fingerprint density at radius 1 is 1.00 bits per heavy atom. The van der Waals surface area contributed by atoms with E-state index in [1.165, 1.54) is 0 Å². The topological polar surface area (TPSA) is 43.4 Å².